The third-order valence-electron chi connectivity index (χ3n) is 4.03. The predicted octanol–water partition coefficient (Wildman–Crippen LogP) is 3.31. The second kappa shape index (κ2) is 6.53. The summed E-state index contributed by atoms with van der Waals surface area (Å²) in [6.07, 6.45) is 0. The molecule has 0 aromatic heterocycles. The largest absolute Gasteiger partial charge is 0.307 e. The number of benzene rings is 1. The normalized spacial score (nSPS) is 25.2. The molecule has 0 radical (unpaired) electrons. The number of hydrogen-bond acceptors (Lipinski definition) is 2. The first-order valence-corrected chi connectivity index (χ1v) is 7.60. The van der Waals surface area contributed by atoms with Crippen LogP contribution >= 0.6 is 0 Å². The summed E-state index contributed by atoms with van der Waals surface area (Å²) in [5, 5.41) is 3.73. The first-order chi connectivity index (χ1) is 9.08. The summed E-state index contributed by atoms with van der Waals surface area (Å²) in [6.45, 7) is 12.7. The molecule has 1 saturated heterocycles. The van der Waals surface area contributed by atoms with E-state index in [2.05, 4.69) is 68.2 Å². The van der Waals surface area contributed by atoms with Crippen molar-refractivity contribution in [3.05, 3.63) is 35.9 Å². The monoisotopic (exact) mass is 260 g/mol. The predicted molar refractivity (Wildman–Crippen MR) is 82.2 cm³/mol. The van der Waals surface area contributed by atoms with Gasteiger partial charge in [-0.05, 0) is 17.4 Å². The molecule has 1 aliphatic rings. The minimum absolute atomic E-state index is 0.481. The summed E-state index contributed by atoms with van der Waals surface area (Å²) in [5.74, 6) is 1.44. The Labute approximate surface area is 118 Å². The first-order valence-electron chi connectivity index (χ1n) is 7.60. The lowest BCUT2D eigenvalue weighted by atomic mass is 9.95. The molecule has 1 fully saturated rings. The fourth-order valence-corrected chi connectivity index (χ4v) is 3.07. The smallest absolute Gasteiger partial charge is 0.0449 e. The number of rotatable bonds is 4. The van der Waals surface area contributed by atoms with E-state index in [0.29, 0.717) is 18.0 Å². The lowest BCUT2D eigenvalue weighted by molar-refractivity contribution is 0.0864. The van der Waals surface area contributed by atoms with Crippen LogP contribution in [0.2, 0.25) is 0 Å². The van der Waals surface area contributed by atoms with Crippen molar-refractivity contribution in [1.82, 2.24) is 10.2 Å². The SMILES string of the molecule is CC(C)CN1CC(c2ccccc2)NCC1C(C)C. The van der Waals surface area contributed by atoms with Gasteiger partial charge in [-0.25, -0.2) is 0 Å². The van der Waals surface area contributed by atoms with Gasteiger partial charge in [0.25, 0.3) is 0 Å². The third-order valence-corrected chi connectivity index (χ3v) is 4.03. The van der Waals surface area contributed by atoms with Gasteiger partial charge in [-0.2, -0.15) is 0 Å². The molecule has 2 rings (SSSR count). The van der Waals surface area contributed by atoms with Crippen LogP contribution in [0.25, 0.3) is 0 Å². The molecular formula is C17H28N2. The molecule has 2 atom stereocenters. The fraction of sp³-hybridized carbons (Fsp3) is 0.647. The molecule has 2 nitrogen and oxygen atoms in total. The number of piperazine rings is 1. The van der Waals surface area contributed by atoms with Gasteiger partial charge < -0.3 is 5.32 Å². The average molecular weight is 260 g/mol. The topological polar surface area (TPSA) is 15.3 Å². The Morgan fingerprint density at radius 3 is 2.42 bits per heavy atom. The molecule has 0 saturated carbocycles. The highest BCUT2D eigenvalue weighted by Gasteiger charge is 2.30. The van der Waals surface area contributed by atoms with E-state index < -0.39 is 0 Å². The van der Waals surface area contributed by atoms with E-state index in [9.17, 15) is 0 Å². The van der Waals surface area contributed by atoms with E-state index >= 15 is 0 Å². The lowest BCUT2D eigenvalue weighted by Crippen LogP contribution is -2.55. The van der Waals surface area contributed by atoms with Crippen molar-refractivity contribution in [2.45, 2.75) is 39.8 Å². The van der Waals surface area contributed by atoms with E-state index in [4.69, 9.17) is 0 Å². The molecule has 106 valence electrons. The summed E-state index contributed by atoms with van der Waals surface area (Å²) in [4.78, 5) is 2.68. The van der Waals surface area contributed by atoms with Crippen molar-refractivity contribution in [2.24, 2.45) is 11.8 Å². The zero-order chi connectivity index (χ0) is 13.8. The highest BCUT2D eigenvalue weighted by molar-refractivity contribution is 5.20. The molecule has 0 bridgehead atoms. The molecule has 2 heteroatoms. The summed E-state index contributed by atoms with van der Waals surface area (Å²) in [7, 11) is 0. The van der Waals surface area contributed by atoms with Gasteiger partial charge in [0.1, 0.15) is 0 Å². The highest BCUT2D eigenvalue weighted by Crippen LogP contribution is 2.23. The molecular weight excluding hydrogens is 232 g/mol. The molecule has 19 heavy (non-hydrogen) atoms. The highest BCUT2D eigenvalue weighted by atomic mass is 15.2. The number of nitrogens with zero attached hydrogens (tertiary/aromatic N) is 1. The second-order valence-electron chi connectivity index (χ2n) is 6.53. The molecule has 0 aliphatic carbocycles. The average Bonchev–Trinajstić information content (AvgIpc) is 2.38. The van der Waals surface area contributed by atoms with Gasteiger partial charge >= 0.3 is 0 Å². The maximum Gasteiger partial charge on any atom is 0.0449 e. The van der Waals surface area contributed by atoms with E-state index in [0.717, 1.165) is 19.0 Å². The van der Waals surface area contributed by atoms with Gasteiger partial charge in [0.05, 0.1) is 0 Å². The third kappa shape index (κ3) is 3.80. The summed E-state index contributed by atoms with van der Waals surface area (Å²) in [6, 6.07) is 12.0. The maximum atomic E-state index is 3.73. The Morgan fingerprint density at radius 1 is 1.16 bits per heavy atom. The van der Waals surface area contributed by atoms with Crippen molar-refractivity contribution in [2.75, 3.05) is 19.6 Å². The quantitative estimate of drug-likeness (QED) is 0.893. The van der Waals surface area contributed by atoms with Gasteiger partial charge in [0.15, 0.2) is 0 Å². The van der Waals surface area contributed by atoms with Crippen LogP contribution in [-0.4, -0.2) is 30.6 Å². The standard InChI is InChI=1S/C17H28N2/c1-13(2)11-19-12-16(15-8-6-5-7-9-15)18-10-17(19)14(3)4/h5-9,13-14,16-18H,10-12H2,1-4H3. The number of hydrogen-bond donors (Lipinski definition) is 1. The van der Waals surface area contributed by atoms with Crippen molar-refractivity contribution >= 4 is 0 Å². The van der Waals surface area contributed by atoms with Crippen LogP contribution in [0, 0.1) is 11.8 Å². The Morgan fingerprint density at radius 2 is 1.84 bits per heavy atom. The molecule has 1 aromatic carbocycles. The van der Waals surface area contributed by atoms with Gasteiger partial charge in [-0.15, -0.1) is 0 Å². The van der Waals surface area contributed by atoms with Crippen LogP contribution in [0.3, 0.4) is 0 Å². The fourth-order valence-electron chi connectivity index (χ4n) is 3.07. The molecule has 1 aliphatic heterocycles. The Balaban J connectivity index is 2.08. The minimum Gasteiger partial charge on any atom is -0.307 e. The Bertz CT molecular complexity index is 372. The molecule has 0 amide bonds. The minimum atomic E-state index is 0.481. The molecule has 1 heterocycles. The van der Waals surface area contributed by atoms with Crippen molar-refractivity contribution in [1.29, 1.82) is 0 Å². The van der Waals surface area contributed by atoms with Gasteiger partial charge in [0, 0.05) is 31.7 Å². The van der Waals surface area contributed by atoms with Gasteiger partial charge in [-0.3, -0.25) is 4.90 Å². The second-order valence-corrected chi connectivity index (χ2v) is 6.53. The van der Waals surface area contributed by atoms with E-state index in [-0.39, 0.29) is 0 Å². The van der Waals surface area contributed by atoms with Crippen molar-refractivity contribution < 1.29 is 0 Å². The van der Waals surface area contributed by atoms with Crippen LogP contribution < -0.4 is 5.32 Å². The molecule has 2 unspecified atom stereocenters. The van der Waals surface area contributed by atoms with Crippen molar-refractivity contribution in [3.63, 3.8) is 0 Å². The molecule has 0 spiro atoms. The number of nitrogens with one attached hydrogen (secondary N) is 1. The first kappa shape index (κ1) is 14.5. The van der Waals surface area contributed by atoms with Crippen LogP contribution in [0.1, 0.15) is 39.3 Å². The van der Waals surface area contributed by atoms with Crippen LogP contribution in [0.15, 0.2) is 30.3 Å². The van der Waals surface area contributed by atoms with Crippen molar-refractivity contribution in [3.8, 4) is 0 Å². The van der Waals surface area contributed by atoms with Gasteiger partial charge in [0.2, 0.25) is 0 Å². The van der Waals surface area contributed by atoms with E-state index in [1.165, 1.54) is 12.1 Å². The Hall–Kier alpha value is -0.860. The molecule has 1 aromatic rings. The van der Waals surface area contributed by atoms with E-state index in [1.807, 2.05) is 0 Å². The van der Waals surface area contributed by atoms with E-state index in [1.54, 1.807) is 0 Å². The van der Waals surface area contributed by atoms with Gasteiger partial charge in [-0.1, -0.05) is 58.0 Å². The van der Waals surface area contributed by atoms with Crippen LogP contribution in [0.5, 0.6) is 0 Å². The Kier molecular flexibility index (Phi) is 5.00. The summed E-state index contributed by atoms with van der Waals surface area (Å²) >= 11 is 0. The van der Waals surface area contributed by atoms with Crippen LogP contribution in [0.4, 0.5) is 0 Å². The maximum absolute atomic E-state index is 3.73. The zero-order valence-corrected chi connectivity index (χ0v) is 12.8. The molecule has 1 N–H and O–H groups in total. The zero-order valence-electron chi connectivity index (χ0n) is 12.8. The lowest BCUT2D eigenvalue weighted by Gasteiger charge is -2.43. The summed E-state index contributed by atoms with van der Waals surface area (Å²) in [5.41, 5.74) is 1.42. The van der Waals surface area contributed by atoms with Crippen LogP contribution in [-0.2, 0) is 0 Å². The summed E-state index contributed by atoms with van der Waals surface area (Å²) < 4.78 is 0.